The van der Waals surface area contributed by atoms with Crippen molar-refractivity contribution in [1.82, 2.24) is 19.4 Å². The number of carbonyl (C=O) groups excluding carboxylic acids is 1. The molecule has 19 heavy (non-hydrogen) atoms. The predicted octanol–water partition coefficient (Wildman–Crippen LogP) is 1.76. The van der Waals surface area contributed by atoms with Crippen molar-refractivity contribution in [2.45, 2.75) is 32.9 Å². The lowest BCUT2D eigenvalue weighted by molar-refractivity contribution is -0.123. The zero-order valence-electron chi connectivity index (χ0n) is 11.4. The highest BCUT2D eigenvalue weighted by molar-refractivity contribution is 5.79. The summed E-state index contributed by atoms with van der Waals surface area (Å²) in [6.07, 6.45) is 8.46. The normalized spacial score (nSPS) is 12.3. The number of rotatable bonds is 6. The number of hydrogen-bond acceptors (Lipinski definition) is 2. The fourth-order valence-electron chi connectivity index (χ4n) is 1.99. The van der Waals surface area contributed by atoms with E-state index in [2.05, 4.69) is 14.9 Å². The fraction of sp³-hybridized carbons (Fsp3) is 0.429. The number of aryl methyl sites for hydroxylation is 2. The largest absolute Gasteiger partial charge is 0.354 e. The molecule has 2 heterocycles. The van der Waals surface area contributed by atoms with Crippen molar-refractivity contribution in [1.29, 1.82) is 0 Å². The zero-order valence-corrected chi connectivity index (χ0v) is 11.4. The Bertz CT molecular complexity index is 515. The second-order valence-corrected chi connectivity index (χ2v) is 4.62. The monoisotopic (exact) mass is 260 g/mol. The van der Waals surface area contributed by atoms with Crippen molar-refractivity contribution >= 4 is 5.91 Å². The van der Waals surface area contributed by atoms with Crippen molar-refractivity contribution in [3.63, 3.8) is 0 Å². The Kier molecular flexibility index (Phi) is 4.39. The molecule has 2 rings (SSSR count). The number of carbonyl (C=O) groups is 1. The zero-order chi connectivity index (χ0) is 13.7. The molecular formula is C14H20N4O. The first-order valence-electron chi connectivity index (χ1n) is 6.56. The molecule has 0 aliphatic rings. The minimum atomic E-state index is -0.162. The molecule has 0 bridgehead atoms. The quantitative estimate of drug-likeness (QED) is 0.805. The fourth-order valence-corrected chi connectivity index (χ4v) is 1.99. The molecule has 0 fully saturated rings. The molecule has 0 spiro atoms. The molecule has 2 aromatic heterocycles. The Morgan fingerprint density at radius 1 is 1.37 bits per heavy atom. The van der Waals surface area contributed by atoms with Crippen molar-refractivity contribution in [2.75, 3.05) is 6.54 Å². The summed E-state index contributed by atoms with van der Waals surface area (Å²) in [5.41, 5.74) is 0. The SMILES string of the molecule is Cc1nccn1CCCNC(=O)C(C)n1cccc1. The third-order valence-corrected chi connectivity index (χ3v) is 3.25. The van der Waals surface area contributed by atoms with Gasteiger partial charge in [0, 0.05) is 37.9 Å². The molecule has 1 amide bonds. The lowest BCUT2D eigenvalue weighted by atomic mass is 10.3. The van der Waals surface area contributed by atoms with E-state index in [9.17, 15) is 4.79 Å². The van der Waals surface area contributed by atoms with Crippen LogP contribution in [0.4, 0.5) is 0 Å². The molecule has 1 unspecified atom stereocenters. The highest BCUT2D eigenvalue weighted by Crippen LogP contribution is 2.05. The van der Waals surface area contributed by atoms with Crippen molar-refractivity contribution < 1.29 is 4.79 Å². The number of amides is 1. The van der Waals surface area contributed by atoms with Gasteiger partial charge in [-0.25, -0.2) is 4.98 Å². The number of aromatic nitrogens is 3. The summed E-state index contributed by atoms with van der Waals surface area (Å²) in [5, 5.41) is 2.96. The van der Waals surface area contributed by atoms with E-state index in [-0.39, 0.29) is 11.9 Å². The molecule has 5 heteroatoms. The first-order valence-corrected chi connectivity index (χ1v) is 6.56. The van der Waals surface area contributed by atoms with Crippen molar-refractivity contribution in [3.05, 3.63) is 42.7 Å². The summed E-state index contributed by atoms with van der Waals surface area (Å²) in [6.45, 7) is 5.44. The highest BCUT2D eigenvalue weighted by Gasteiger charge is 2.12. The summed E-state index contributed by atoms with van der Waals surface area (Å²) < 4.78 is 3.98. The Balaban J connectivity index is 1.71. The third kappa shape index (κ3) is 3.47. The summed E-state index contributed by atoms with van der Waals surface area (Å²) in [6, 6.07) is 3.68. The molecule has 0 aliphatic carbocycles. The second kappa shape index (κ2) is 6.22. The molecule has 0 saturated carbocycles. The maximum atomic E-state index is 11.9. The smallest absolute Gasteiger partial charge is 0.242 e. The molecule has 0 aliphatic heterocycles. The minimum Gasteiger partial charge on any atom is -0.354 e. The maximum absolute atomic E-state index is 11.9. The van der Waals surface area contributed by atoms with Crippen LogP contribution in [0.2, 0.25) is 0 Å². The van der Waals surface area contributed by atoms with E-state index in [0.29, 0.717) is 6.54 Å². The van der Waals surface area contributed by atoms with Gasteiger partial charge in [0.15, 0.2) is 0 Å². The Labute approximate surface area is 113 Å². The van der Waals surface area contributed by atoms with Crippen LogP contribution in [0.5, 0.6) is 0 Å². The van der Waals surface area contributed by atoms with Crippen LogP contribution in [0.3, 0.4) is 0 Å². The van der Waals surface area contributed by atoms with Crippen LogP contribution in [0.25, 0.3) is 0 Å². The van der Waals surface area contributed by atoms with Crippen LogP contribution in [0.15, 0.2) is 36.9 Å². The van der Waals surface area contributed by atoms with Gasteiger partial charge in [-0.05, 0) is 32.4 Å². The minimum absolute atomic E-state index is 0.0542. The van der Waals surface area contributed by atoms with Gasteiger partial charge in [-0.2, -0.15) is 0 Å². The van der Waals surface area contributed by atoms with E-state index in [0.717, 1.165) is 18.8 Å². The van der Waals surface area contributed by atoms with E-state index in [1.807, 2.05) is 49.1 Å². The lowest BCUT2D eigenvalue weighted by Gasteiger charge is -2.14. The molecule has 1 N–H and O–H groups in total. The Morgan fingerprint density at radius 2 is 2.11 bits per heavy atom. The summed E-state index contributed by atoms with van der Waals surface area (Å²) >= 11 is 0. The average Bonchev–Trinajstić information content (AvgIpc) is 3.05. The van der Waals surface area contributed by atoms with E-state index in [1.165, 1.54) is 0 Å². The van der Waals surface area contributed by atoms with Gasteiger partial charge in [-0.1, -0.05) is 0 Å². The van der Waals surface area contributed by atoms with E-state index in [1.54, 1.807) is 6.20 Å². The lowest BCUT2D eigenvalue weighted by Crippen LogP contribution is -2.31. The van der Waals surface area contributed by atoms with Crippen LogP contribution in [0.1, 0.15) is 25.2 Å². The van der Waals surface area contributed by atoms with Gasteiger partial charge in [-0.3, -0.25) is 4.79 Å². The van der Waals surface area contributed by atoms with Gasteiger partial charge in [-0.15, -0.1) is 0 Å². The number of hydrogen-bond donors (Lipinski definition) is 1. The van der Waals surface area contributed by atoms with Crippen molar-refractivity contribution in [2.24, 2.45) is 0 Å². The Hall–Kier alpha value is -2.04. The molecule has 2 aromatic rings. The topological polar surface area (TPSA) is 51.9 Å². The molecule has 0 saturated heterocycles. The van der Waals surface area contributed by atoms with Gasteiger partial charge >= 0.3 is 0 Å². The summed E-state index contributed by atoms with van der Waals surface area (Å²) in [4.78, 5) is 16.1. The Morgan fingerprint density at radius 3 is 2.74 bits per heavy atom. The molecule has 0 radical (unpaired) electrons. The number of imidazole rings is 1. The first kappa shape index (κ1) is 13.4. The van der Waals surface area contributed by atoms with Crippen LogP contribution < -0.4 is 5.32 Å². The third-order valence-electron chi connectivity index (χ3n) is 3.25. The molecule has 1 atom stereocenters. The summed E-state index contributed by atoms with van der Waals surface area (Å²) in [7, 11) is 0. The number of nitrogens with one attached hydrogen (secondary N) is 1. The van der Waals surface area contributed by atoms with Gasteiger partial charge in [0.25, 0.3) is 0 Å². The van der Waals surface area contributed by atoms with Gasteiger partial charge in [0.2, 0.25) is 5.91 Å². The maximum Gasteiger partial charge on any atom is 0.242 e. The second-order valence-electron chi connectivity index (χ2n) is 4.62. The van der Waals surface area contributed by atoms with Crippen LogP contribution in [-0.2, 0) is 11.3 Å². The van der Waals surface area contributed by atoms with Crippen LogP contribution in [0, 0.1) is 6.92 Å². The molecule has 102 valence electrons. The molecule has 5 nitrogen and oxygen atoms in total. The van der Waals surface area contributed by atoms with E-state index < -0.39 is 0 Å². The van der Waals surface area contributed by atoms with Crippen molar-refractivity contribution in [3.8, 4) is 0 Å². The number of nitrogens with zero attached hydrogens (tertiary/aromatic N) is 3. The van der Waals surface area contributed by atoms with Gasteiger partial charge < -0.3 is 14.5 Å². The predicted molar refractivity (Wildman–Crippen MR) is 73.7 cm³/mol. The van der Waals surface area contributed by atoms with Crippen LogP contribution >= 0.6 is 0 Å². The summed E-state index contributed by atoms with van der Waals surface area (Å²) in [5.74, 6) is 1.06. The average molecular weight is 260 g/mol. The van der Waals surface area contributed by atoms with Gasteiger partial charge in [0.1, 0.15) is 11.9 Å². The highest BCUT2D eigenvalue weighted by atomic mass is 16.2. The van der Waals surface area contributed by atoms with E-state index >= 15 is 0 Å². The van der Waals surface area contributed by atoms with E-state index in [4.69, 9.17) is 0 Å². The van der Waals surface area contributed by atoms with Crippen LogP contribution in [-0.4, -0.2) is 26.6 Å². The molecular weight excluding hydrogens is 240 g/mol. The molecule has 0 aromatic carbocycles. The first-order chi connectivity index (χ1) is 9.18. The standard InChI is InChI=1S/C14H20N4O/c1-12(17-8-3-4-9-17)14(19)16-6-5-10-18-11-7-15-13(18)2/h3-4,7-9,11-12H,5-6,10H2,1-2H3,(H,16,19). The van der Waals surface area contributed by atoms with Gasteiger partial charge in [0.05, 0.1) is 0 Å².